The van der Waals surface area contributed by atoms with Crippen LogP contribution in [0.5, 0.6) is 11.8 Å². The quantitative estimate of drug-likeness (QED) is 0.905. The summed E-state index contributed by atoms with van der Waals surface area (Å²) in [7, 11) is 0. The van der Waals surface area contributed by atoms with E-state index in [1.54, 1.807) is 12.3 Å². The minimum atomic E-state index is 0.175. The molecule has 4 nitrogen and oxygen atoms in total. The Morgan fingerprint density at radius 3 is 2.45 bits per heavy atom. The van der Waals surface area contributed by atoms with Crippen LogP contribution in [0.4, 0.5) is 0 Å². The van der Waals surface area contributed by atoms with E-state index in [1.165, 1.54) is 5.56 Å². The third-order valence-corrected chi connectivity index (χ3v) is 3.63. The zero-order valence-electron chi connectivity index (χ0n) is 12.3. The molecule has 1 heterocycles. The zero-order valence-corrected chi connectivity index (χ0v) is 12.3. The molecule has 0 saturated carbocycles. The molecule has 0 unspecified atom stereocenters. The summed E-state index contributed by atoms with van der Waals surface area (Å²) >= 11 is 0. The normalized spacial score (nSPS) is 11.4. The highest BCUT2D eigenvalue weighted by Gasteiger charge is 2.17. The fraction of sp³-hybridized carbons (Fsp3) is 0.375. The number of nitrogens with zero attached hydrogens (tertiary/aromatic N) is 2. The average molecular weight is 271 g/mol. The van der Waals surface area contributed by atoms with Gasteiger partial charge in [0.1, 0.15) is 5.75 Å². The molecule has 0 fully saturated rings. The van der Waals surface area contributed by atoms with Crippen LogP contribution in [-0.2, 0) is 12.0 Å². The van der Waals surface area contributed by atoms with Crippen molar-refractivity contribution in [2.45, 2.75) is 39.2 Å². The molecule has 106 valence electrons. The van der Waals surface area contributed by atoms with Crippen LogP contribution < -0.4 is 10.5 Å². The molecule has 2 N–H and O–H groups in total. The number of hydrogen-bond donors (Lipinski definition) is 1. The second kappa shape index (κ2) is 6.01. The summed E-state index contributed by atoms with van der Waals surface area (Å²) in [6.07, 6.45) is 2.74. The Kier molecular flexibility index (Phi) is 4.35. The maximum absolute atomic E-state index is 5.64. The zero-order chi connectivity index (χ0) is 14.6. The summed E-state index contributed by atoms with van der Waals surface area (Å²) in [5, 5.41) is 0. The monoisotopic (exact) mass is 271 g/mol. The summed E-state index contributed by atoms with van der Waals surface area (Å²) in [5.74, 6) is 0.731. The van der Waals surface area contributed by atoms with Crippen molar-refractivity contribution in [2.24, 2.45) is 5.73 Å². The van der Waals surface area contributed by atoms with E-state index in [4.69, 9.17) is 10.5 Å². The van der Waals surface area contributed by atoms with Crippen molar-refractivity contribution in [3.63, 3.8) is 0 Å². The standard InChI is InChI=1S/C16H21N3O/c1-4-16(2,3)12-5-7-14(8-6-12)20-15-18-10-9-13(11-17)19-15/h5-10H,4,11,17H2,1-3H3. The number of hydrogen-bond acceptors (Lipinski definition) is 4. The van der Waals surface area contributed by atoms with E-state index in [2.05, 4.69) is 42.9 Å². The maximum atomic E-state index is 5.64. The van der Waals surface area contributed by atoms with Gasteiger partial charge in [-0.05, 0) is 35.6 Å². The van der Waals surface area contributed by atoms with Gasteiger partial charge in [0.2, 0.25) is 0 Å². The van der Waals surface area contributed by atoms with Crippen molar-refractivity contribution in [3.05, 3.63) is 47.8 Å². The third kappa shape index (κ3) is 3.33. The van der Waals surface area contributed by atoms with E-state index in [1.807, 2.05) is 12.1 Å². The first-order valence-corrected chi connectivity index (χ1v) is 6.85. The summed E-state index contributed by atoms with van der Waals surface area (Å²) in [5.41, 5.74) is 7.78. The van der Waals surface area contributed by atoms with Gasteiger partial charge in [0.05, 0.1) is 5.69 Å². The largest absolute Gasteiger partial charge is 0.424 e. The van der Waals surface area contributed by atoms with Crippen molar-refractivity contribution in [1.29, 1.82) is 0 Å². The number of nitrogens with two attached hydrogens (primary N) is 1. The van der Waals surface area contributed by atoms with Gasteiger partial charge in [0.25, 0.3) is 0 Å². The molecule has 4 heteroatoms. The Labute approximate surface area is 120 Å². The minimum absolute atomic E-state index is 0.175. The molecule has 0 saturated heterocycles. The molecule has 0 aliphatic heterocycles. The molecule has 0 radical (unpaired) electrons. The van der Waals surface area contributed by atoms with Gasteiger partial charge in [-0.15, -0.1) is 0 Å². The topological polar surface area (TPSA) is 61.0 Å². The van der Waals surface area contributed by atoms with Crippen molar-refractivity contribution in [2.75, 3.05) is 0 Å². The van der Waals surface area contributed by atoms with E-state index >= 15 is 0 Å². The molecule has 1 aromatic heterocycles. The summed E-state index contributed by atoms with van der Waals surface area (Å²) in [4.78, 5) is 8.30. The SMILES string of the molecule is CCC(C)(C)c1ccc(Oc2nccc(CN)n2)cc1. The Bertz CT molecular complexity index is 564. The summed E-state index contributed by atoms with van der Waals surface area (Å²) in [6.45, 7) is 7.03. The van der Waals surface area contributed by atoms with Crippen molar-refractivity contribution in [1.82, 2.24) is 9.97 Å². The highest BCUT2D eigenvalue weighted by atomic mass is 16.5. The fourth-order valence-corrected chi connectivity index (χ4v) is 1.82. The molecule has 2 aromatic rings. The molecule has 0 spiro atoms. The van der Waals surface area contributed by atoms with Crippen molar-refractivity contribution >= 4 is 0 Å². The predicted octanol–water partition coefficient (Wildman–Crippen LogP) is 3.42. The first-order valence-electron chi connectivity index (χ1n) is 6.85. The van der Waals surface area contributed by atoms with E-state index < -0.39 is 0 Å². The lowest BCUT2D eigenvalue weighted by Gasteiger charge is -2.23. The van der Waals surface area contributed by atoms with Crippen LogP contribution in [0.25, 0.3) is 0 Å². The van der Waals surface area contributed by atoms with Crippen LogP contribution in [-0.4, -0.2) is 9.97 Å². The van der Waals surface area contributed by atoms with Gasteiger partial charge in [-0.2, -0.15) is 4.98 Å². The van der Waals surface area contributed by atoms with Gasteiger partial charge in [-0.1, -0.05) is 32.9 Å². The predicted molar refractivity (Wildman–Crippen MR) is 79.8 cm³/mol. The molecule has 0 bridgehead atoms. The lowest BCUT2D eigenvalue weighted by Crippen LogP contribution is -2.14. The van der Waals surface area contributed by atoms with E-state index in [0.717, 1.165) is 17.9 Å². The van der Waals surface area contributed by atoms with Gasteiger partial charge < -0.3 is 10.5 Å². The second-order valence-corrected chi connectivity index (χ2v) is 5.40. The lowest BCUT2D eigenvalue weighted by molar-refractivity contribution is 0.438. The smallest absolute Gasteiger partial charge is 0.322 e. The van der Waals surface area contributed by atoms with Gasteiger partial charge in [-0.3, -0.25) is 0 Å². The molecular weight excluding hydrogens is 250 g/mol. The first kappa shape index (κ1) is 14.5. The Hall–Kier alpha value is -1.94. The number of aromatic nitrogens is 2. The molecule has 2 rings (SSSR count). The minimum Gasteiger partial charge on any atom is -0.424 e. The highest BCUT2D eigenvalue weighted by Crippen LogP contribution is 2.28. The lowest BCUT2D eigenvalue weighted by atomic mass is 9.82. The van der Waals surface area contributed by atoms with Crippen LogP contribution in [0.2, 0.25) is 0 Å². The molecule has 0 aliphatic carbocycles. The van der Waals surface area contributed by atoms with Crippen LogP contribution in [0, 0.1) is 0 Å². The molecular formula is C16H21N3O. The van der Waals surface area contributed by atoms with E-state index in [0.29, 0.717) is 12.6 Å². The van der Waals surface area contributed by atoms with Crippen LogP contribution in [0.1, 0.15) is 38.4 Å². The van der Waals surface area contributed by atoms with E-state index in [9.17, 15) is 0 Å². The Morgan fingerprint density at radius 1 is 1.15 bits per heavy atom. The highest BCUT2D eigenvalue weighted by molar-refractivity contribution is 5.32. The first-order chi connectivity index (χ1) is 9.55. The van der Waals surface area contributed by atoms with Gasteiger partial charge in [0, 0.05) is 12.7 Å². The second-order valence-electron chi connectivity index (χ2n) is 5.40. The molecule has 0 aliphatic rings. The number of benzene rings is 1. The van der Waals surface area contributed by atoms with Crippen LogP contribution >= 0.6 is 0 Å². The summed E-state index contributed by atoms with van der Waals surface area (Å²) in [6, 6.07) is 10.2. The molecule has 20 heavy (non-hydrogen) atoms. The van der Waals surface area contributed by atoms with Crippen molar-refractivity contribution < 1.29 is 4.74 Å². The van der Waals surface area contributed by atoms with Gasteiger partial charge >= 0.3 is 6.01 Å². The molecule has 1 aromatic carbocycles. The number of ether oxygens (including phenoxy) is 1. The van der Waals surface area contributed by atoms with Crippen LogP contribution in [0.3, 0.4) is 0 Å². The maximum Gasteiger partial charge on any atom is 0.322 e. The van der Waals surface area contributed by atoms with Gasteiger partial charge in [-0.25, -0.2) is 4.98 Å². The number of rotatable bonds is 5. The van der Waals surface area contributed by atoms with E-state index in [-0.39, 0.29) is 5.41 Å². The van der Waals surface area contributed by atoms with Gasteiger partial charge in [0.15, 0.2) is 0 Å². The molecule has 0 atom stereocenters. The Morgan fingerprint density at radius 2 is 1.85 bits per heavy atom. The Balaban J connectivity index is 2.14. The van der Waals surface area contributed by atoms with Crippen LogP contribution in [0.15, 0.2) is 36.5 Å². The van der Waals surface area contributed by atoms with Crippen molar-refractivity contribution in [3.8, 4) is 11.8 Å². The average Bonchev–Trinajstić information content (AvgIpc) is 2.48. The summed E-state index contributed by atoms with van der Waals surface area (Å²) < 4.78 is 5.64. The third-order valence-electron chi connectivity index (χ3n) is 3.63. The fourth-order valence-electron chi connectivity index (χ4n) is 1.82. The molecule has 0 amide bonds.